The monoisotopic (exact) mass is 296 g/mol. The summed E-state index contributed by atoms with van der Waals surface area (Å²) in [7, 11) is 0. The maximum absolute atomic E-state index is 11.2. The molecular weight excluding hydrogens is 284 g/mol. The Balaban J connectivity index is 2.50. The molecule has 0 radical (unpaired) electrons. The molecule has 90 valence electrons. The molecule has 0 saturated heterocycles. The molecule has 0 spiro atoms. The number of hydrogen-bond donors (Lipinski definition) is 1. The van der Waals surface area contributed by atoms with Gasteiger partial charge in [0.1, 0.15) is 6.04 Å². The van der Waals surface area contributed by atoms with Crippen molar-refractivity contribution in [2.75, 3.05) is 0 Å². The van der Waals surface area contributed by atoms with Gasteiger partial charge in [-0.3, -0.25) is 4.68 Å². The van der Waals surface area contributed by atoms with E-state index in [9.17, 15) is 9.90 Å². The lowest BCUT2D eigenvalue weighted by molar-refractivity contribution is -0.141. The average molecular weight is 297 g/mol. The lowest BCUT2D eigenvalue weighted by Gasteiger charge is -2.12. The van der Waals surface area contributed by atoms with E-state index in [0.29, 0.717) is 6.42 Å². The van der Waals surface area contributed by atoms with Crippen molar-refractivity contribution < 1.29 is 9.90 Å². The van der Waals surface area contributed by atoms with Crippen molar-refractivity contribution in [1.82, 2.24) is 9.78 Å². The number of benzene rings is 1. The minimum absolute atomic E-state index is 0.585. The molecule has 0 bridgehead atoms. The summed E-state index contributed by atoms with van der Waals surface area (Å²) >= 11 is 3.39. The topological polar surface area (TPSA) is 55.1 Å². The zero-order chi connectivity index (χ0) is 12.4. The molecule has 0 aliphatic carbocycles. The van der Waals surface area contributed by atoms with E-state index in [-0.39, 0.29) is 0 Å². The van der Waals surface area contributed by atoms with E-state index in [1.165, 1.54) is 0 Å². The van der Waals surface area contributed by atoms with Gasteiger partial charge in [-0.25, -0.2) is 4.79 Å². The van der Waals surface area contributed by atoms with Gasteiger partial charge in [-0.05, 0) is 24.6 Å². The Kier molecular flexibility index (Phi) is 3.47. The third-order valence-electron chi connectivity index (χ3n) is 2.70. The summed E-state index contributed by atoms with van der Waals surface area (Å²) in [5, 5.41) is 14.4. The van der Waals surface area contributed by atoms with Crippen molar-refractivity contribution in [2.24, 2.45) is 0 Å². The molecule has 1 atom stereocenters. The molecule has 0 saturated carbocycles. The van der Waals surface area contributed by atoms with Crippen LogP contribution < -0.4 is 0 Å². The Bertz CT molecular complexity index is 550. The number of hydrogen-bond acceptors (Lipinski definition) is 2. The van der Waals surface area contributed by atoms with Crippen molar-refractivity contribution in [1.29, 1.82) is 0 Å². The third-order valence-corrected chi connectivity index (χ3v) is 3.19. The number of aromatic nitrogens is 2. The normalized spacial score (nSPS) is 12.8. The Morgan fingerprint density at radius 3 is 3.00 bits per heavy atom. The lowest BCUT2D eigenvalue weighted by Crippen LogP contribution is -2.19. The fourth-order valence-corrected chi connectivity index (χ4v) is 2.27. The van der Waals surface area contributed by atoms with E-state index in [2.05, 4.69) is 21.0 Å². The van der Waals surface area contributed by atoms with Crippen LogP contribution in [0.25, 0.3) is 10.9 Å². The fraction of sp³-hybridized carbons (Fsp3) is 0.333. The van der Waals surface area contributed by atoms with Gasteiger partial charge in [-0.15, -0.1) is 0 Å². The standard InChI is InChI=1S/C12H13BrN2O2/c1-2-3-11(12(16)17)15-10-5-4-9(13)6-8(10)7-14-15/h4-7,11H,2-3H2,1H3,(H,16,17). The average Bonchev–Trinajstić information content (AvgIpc) is 2.68. The second kappa shape index (κ2) is 4.87. The molecule has 1 unspecified atom stereocenters. The van der Waals surface area contributed by atoms with Crippen molar-refractivity contribution in [3.05, 3.63) is 28.9 Å². The number of fused-ring (bicyclic) bond motifs is 1. The zero-order valence-corrected chi connectivity index (χ0v) is 11.0. The first-order valence-electron chi connectivity index (χ1n) is 5.49. The lowest BCUT2D eigenvalue weighted by atomic mass is 10.1. The SMILES string of the molecule is CCCC(C(=O)O)n1ncc2cc(Br)ccc21. The van der Waals surface area contributed by atoms with Crippen LogP contribution in [-0.4, -0.2) is 20.9 Å². The third kappa shape index (κ3) is 2.34. The molecule has 0 aliphatic heterocycles. The first kappa shape index (κ1) is 12.1. The summed E-state index contributed by atoms with van der Waals surface area (Å²) in [4.78, 5) is 11.2. The second-order valence-corrected chi connectivity index (χ2v) is 4.85. The van der Waals surface area contributed by atoms with Gasteiger partial charge in [0.05, 0.1) is 11.7 Å². The molecular formula is C12H13BrN2O2. The van der Waals surface area contributed by atoms with Crippen LogP contribution in [-0.2, 0) is 4.79 Å². The molecule has 0 fully saturated rings. The van der Waals surface area contributed by atoms with Gasteiger partial charge in [-0.1, -0.05) is 29.3 Å². The largest absolute Gasteiger partial charge is 0.480 e. The highest BCUT2D eigenvalue weighted by Gasteiger charge is 2.21. The Morgan fingerprint density at radius 1 is 1.59 bits per heavy atom. The van der Waals surface area contributed by atoms with E-state index in [4.69, 9.17) is 0 Å². The smallest absolute Gasteiger partial charge is 0.328 e. The van der Waals surface area contributed by atoms with E-state index in [1.54, 1.807) is 10.9 Å². The molecule has 2 aromatic rings. The quantitative estimate of drug-likeness (QED) is 0.942. The minimum Gasteiger partial charge on any atom is -0.480 e. The van der Waals surface area contributed by atoms with Gasteiger partial charge in [-0.2, -0.15) is 5.10 Å². The van der Waals surface area contributed by atoms with Gasteiger partial charge in [0.15, 0.2) is 0 Å². The van der Waals surface area contributed by atoms with Crippen LogP contribution in [0.15, 0.2) is 28.9 Å². The predicted molar refractivity (Wildman–Crippen MR) is 69.0 cm³/mol. The predicted octanol–water partition coefficient (Wildman–Crippen LogP) is 3.22. The number of nitrogens with zero attached hydrogens (tertiary/aromatic N) is 2. The molecule has 1 N–H and O–H groups in total. The summed E-state index contributed by atoms with van der Waals surface area (Å²) in [6.07, 6.45) is 3.10. The summed E-state index contributed by atoms with van der Waals surface area (Å²) in [5.74, 6) is -0.834. The molecule has 4 nitrogen and oxygen atoms in total. The van der Waals surface area contributed by atoms with Crippen LogP contribution in [0.3, 0.4) is 0 Å². The van der Waals surface area contributed by atoms with Gasteiger partial charge in [0.25, 0.3) is 0 Å². The highest BCUT2D eigenvalue weighted by molar-refractivity contribution is 9.10. The molecule has 0 amide bonds. The van der Waals surface area contributed by atoms with Crippen molar-refractivity contribution in [2.45, 2.75) is 25.8 Å². The Hall–Kier alpha value is -1.36. The van der Waals surface area contributed by atoms with E-state index in [0.717, 1.165) is 21.8 Å². The summed E-state index contributed by atoms with van der Waals surface area (Å²) < 4.78 is 2.56. The van der Waals surface area contributed by atoms with Gasteiger partial charge in [0, 0.05) is 9.86 Å². The van der Waals surface area contributed by atoms with E-state index in [1.807, 2.05) is 25.1 Å². The van der Waals surface area contributed by atoms with E-state index < -0.39 is 12.0 Å². The van der Waals surface area contributed by atoms with Crippen LogP contribution in [0, 0.1) is 0 Å². The summed E-state index contributed by atoms with van der Waals surface area (Å²) in [6.45, 7) is 1.97. The van der Waals surface area contributed by atoms with Crippen LogP contribution in [0.4, 0.5) is 0 Å². The molecule has 2 rings (SSSR count). The van der Waals surface area contributed by atoms with E-state index >= 15 is 0 Å². The number of carbonyl (C=O) groups is 1. The Labute approximate surface area is 107 Å². The number of rotatable bonds is 4. The van der Waals surface area contributed by atoms with Crippen LogP contribution in [0.5, 0.6) is 0 Å². The maximum atomic E-state index is 11.2. The van der Waals surface area contributed by atoms with Crippen molar-refractivity contribution >= 4 is 32.8 Å². The minimum atomic E-state index is -0.834. The highest BCUT2D eigenvalue weighted by atomic mass is 79.9. The number of halogens is 1. The number of aliphatic carboxylic acids is 1. The molecule has 1 heterocycles. The van der Waals surface area contributed by atoms with Gasteiger partial charge >= 0.3 is 5.97 Å². The fourth-order valence-electron chi connectivity index (χ4n) is 1.90. The molecule has 1 aromatic carbocycles. The highest BCUT2D eigenvalue weighted by Crippen LogP contribution is 2.24. The van der Waals surface area contributed by atoms with Gasteiger partial charge in [0.2, 0.25) is 0 Å². The van der Waals surface area contributed by atoms with Crippen molar-refractivity contribution in [3.63, 3.8) is 0 Å². The molecule has 5 heteroatoms. The van der Waals surface area contributed by atoms with Gasteiger partial charge < -0.3 is 5.11 Å². The summed E-state index contributed by atoms with van der Waals surface area (Å²) in [5.41, 5.74) is 0.856. The first-order chi connectivity index (χ1) is 8.13. The van der Waals surface area contributed by atoms with Crippen LogP contribution in [0.2, 0.25) is 0 Å². The number of carboxylic acid groups (broad SMARTS) is 1. The molecule has 1 aromatic heterocycles. The second-order valence-electron chi connectivity index (χ2n) is 3.93. The molecule has 17 heavy (non-hydrogen) atoms. The van der Waals surface area contributed by atoms with Crippen LogP contribution in [0.1, 0.15) is 25.8 Å². The zero-order valence-electron chi connectivity index (χ0n) is 9.43. The van der Waals surface area contributed by atoms with Crippen molar-refractivity contribution in [3.8, 4) is 0 Å². The summed E-state index contributed by atoms with van der Waals surface area (Å²) in [6, 6.07) is 5.13. The first-order valence-corrected chi connectivity index (χ1v) is 6.28. The molecule has 0 aliphatic rings. The maximum Gasteiger partial charge on any atom is 0.328 e. The Morgan fingerprint density at radius 2 is 2.35 bits per heavy atom. The van der Waals surface area contributed by atoms with Crippen LogP contribution >= 0.6 is 15.9 Å². The number of carboxylic acids is 1.